The van der Waals surface area contributed by atoms with Crippen LogP contribution in [0, 0.1) is 5.92 Å². The van der Waals surface area contributed by atoms with Crippen molar-refractivity contribution in [3.8, 4) is 0 Å². The van der Waals surface area contributed by atoms with Gasteiger partial charge in [0.1, 0.15) is 5.15 Å². The van der Waals surface area contributed by atoms with Crippen LogP contribution in [0.25, 0.3) is 0 Å². The molecule has 0 unspecified atom stereocenters. The highest BCUT2D eigenvalue weighted by Crippen LogP contribution is 2.18. The Morgan fingerprint density at radius 3 is 2.71 bits per heavy atom. The van der Waals surface area contributed by atoms with Crippen molar-refractivity contribution in [3.63, 3.8) is 0 Å². The molecular formula is C14H22ClNO. The SMILES string of the molecule is CCC[C@H](C)[C@@H](CC)OCc1cccc(Cl)n1. The van der Waals surface area contributed by atoms with E-state index in [0.717, 1.165) is 12.1 Å². The third-order valence-corrected chi connectivity index (χ3v) is 3.21. The molecule has 0 fully saturated rings. The minimum absolute atomic E-state index is 0.315. The molecule has 1 rings (SSSR count). The molecule has 17 heavy (non-hydrogen) atoms. The van der Waals surface area contributed by atoms with E-state index in [2.05, 4.69) is 25.8 Å². The number of rotatable bonds is 7. The summed E-state index contributed by atoms with van der Waals surface area (Å²) in [5.74, 6) is 0.601. The lowest BCUT2D eigenvalue weighted by Gasteiger charge is -2.22. The first-order chi connectivity index (χ1) is 8.17. The Kier molecular flexibility index (Phi) is 6.53. The Hall–Kier alpha value is -0.600. The number of hydrogen-bond acceptors (Lipinski definition) is 2. The fourth-order valence-corrected chi connectivity index (χ4v) is 2.23. The molecule has 0 aliphatic rings. The number of nitrogens with zero attached hydrogens (tertiary/aromatic N) is 1. The molecule has 0 aliphatic carbocycles. The summed E-state index contributed by atoms with van der Waals surface area (Å²) in [4.78, 5) is 4.23. The van der Waals surface area contributed by atoms with Gasteiger partial charge in [-0.25, -0.2) is 4.98 Å². The lowest BCUT2D eigenvalue weighted by molar-refractivity contribution is -0.000457. The smallest absolute Gasteiger partial charge is 0.129 e. The van der Waals surface area contributed by atoms with Crippen LogP contribution in [0.2, 0.25) is 5.15 Å². The van der Waals surface area contributed by atoms with Gasteiger partial charge in [0, 0.05) is 0 Å². The summed E-state index contributed by atoms with van der Waals surface area (Å²) in [6.45, 7) is 7.18. The summed E-state index contributed by atoms with van der Waals surface area (Å²) in [5.41, 5.74) is 0.902. The second kappa shape index (κ2) is 7.67. The summed E-state index contributed by atoms with van der Waals surface area (Å²) >= 11 is 5.84. The zero-order chi connectivity index (χ0) is 12.7. The van der Waals surface area contributed by atoms with E-state index in [1.807, 2.05) is 12.1 Å². The fraction of sp³-hybridized carbons (Fsp3) is 0.643. The Labute approximate surface area is 109 Å². The Balaban J connectivity index is 2.47. The van der Waals surface area contributed by atoms with Gasteiger partial charge in [0.15, 0.2) is 0 Å². The van der Waals surface area contributed by atoms with Crippen molar-refractivity contribution in [2.24, 2.45) is 5.92 Å². The molecule has 0 radical (unpaired) electrons. The van der Waals surface area contributed by atoms with E-state index in [9.17, 15) is 0 Å². The molecule has 0 amide bonds. The van der Waals surface area contributed by atoms with E-state index < -0.39 is 0 Å². The summed E-state index contributed by atoms with van der Waals surface area (Å²) in [5, 5.41) is 0.528. The van der Waals surface area contributed by atoms with Crippen LogP contribution in [0.1, 0.15) is 45.7 Å². The molecule has 0 saturated heterocycles. The molecule has 0 saturated carbocycles. The second-order valence-electron chi connectivity index (χ2n) is 4.48. The minimum atomic E-state index is 0.315. The fourth-order valence-electron chi connectivity index (χ4n) is 2.05. The van der Waals surface area contributed by atoms with Crippen LogP contribution < -0.4 is 0 Å². The van der Waals surface area contributed by atoms with Gasteiger partial charge in [0.2, 0.25) is 0 Å². The zero-order valence-electron chi connectivity index (χ0n) is 10.9. The van der Waals surface area contributed by atoms with Crippen molar-refractivity contribution in [2.45, 2.75) is 52.7 Å². The van der Waals surface area contributed by atoms with E-state index in [4.69, 9.17) is 16.3 Å². The second-order valence-corrected chi connectivity index (χ2v) is 4.86. The van der Waals surface area contributed by atoms with Crippen LogP contribution in [0.15, 0.2) is 18.2 Å². The van der Waals surface area contributed by atoms with E-state index >= 15 is 0 Å². The van der Waals surface area contributed by atoms with Crippen molar-refractivity contribution in [3.05, 3.63) is 29.0 Å². The van der Waals surface area contributed by atoms with E-state index in [1.165, 1.54) is 12.8 Å². The first-order valence-corrected chi connectivity index (χ1v) is 6.78. The van der Waals surface area contributed by atoms with Crippen LogP contribution in [0.3, 0.4) is 0 Å². The van der Waals surface area contributed by atoms with Crippen LogP contribution in [0.4, 0.5) is 0 Å². The molecule has 3 heteroatoms. The van der Waals surface area contributed by atoms with Crippen LogP contribution in [-0.4, -0.2) is 11.1 Å². The molecule has 96 valence electrons. The molecule has 0 aliphatic heterocycles. The Morgan fingerprint density at radius 1 is 1.35 bits per heavy atom. The highest BCUT2D eigenvalue weighted by molar-refractivity contribution is 6.29. The molecule has 1 heterocycles. The number of halogens is 1. The van der Waals surface area contributed by atoms with Crippen molar-refractivity contribution in [1.82, 2.24) is 4.98 Å². The lowest BCUT2D eigenvalue weighted by atomic mass is 9.97. The van der Waals surface area contributed by atoms with E-state index in [-0.39, 0.29) is 0 Å². The van der Waals surface area contributed by atoms with Gasteiger partial charge in [-0.1, -0.05) is 44.9 Å². The van der Waals surface area contributed by atoms with E-state index in [0.29, 0.717) is 23.8 Å². The zero-order valence-corrected chi connectivity index (χ0v) is 11.7. The van der Waals surface area contributed by atoms with Gasteiger partial charge < -0.3 is 4.74 Å². The Bertz CT molecular complexity index is 330. The van der Waals surface area contributed by atoms with Gasteiger partial charge >= 0.3 is 0 Å². The van der Waals surface area contributed by atoms with Gasteiger partial charge in [-0.2, -0.15) is 0 Å². The molecule has 2 atom stereocenters. The number of ether oxygens (including phenoxy) is 1. The molecule has 2 nitrogen and oxygen atoms in total. The molecule has 0 spiro atoms. The van der Waals surface area contributed by atoms with Crippen molar-refractivity contribution in [2.75, 3.05) is 0 Å². The first-order valence-electron chi connectivity index (χ1n) is 6.40. The highest BCUT2D eigenvalue weighted by Gasteiger charge is 2.15. The topological polar surface area (TPSA) is 22.1 Å². The molecule has 1 aromatic heterocycles. The maximum Gasteiger partial charge on any atom is 0.129 e. The third-order valence-electron chi connectivity index (χ3n) is 3.00. The van der Waals surface area contributed by atoms with Gasteiger partial charge in [-0.15, -0.1) is 0 Å². The summed E-state index contributed by atoms with van der Waals surface area (Å²) in [6, 6.07) is 5.63. The Morgan fingerprint density at radius 2 is 2.12 bits per heavy atom. The minimum Gasteiger partial charge on any atom is -0.372 e. The largest absolute Gasteiger partial charge is 0.372 e. The third kappa shape index (κ3) is 5.05. The average Bonchev–Trinajstić information content (AvgIpc) is 2.30. The predicted octanol–water partition coefficient (Wildman–Crippen LogP) is 4.47. The standard InChI is InChI=1S/C14H22ClNO/c1-4-7-11(3)13(5-2)17-10-12-8-6-9-14(15)16-12/h6,8-9,11,13H,4-5,7,10H2,1-3H3/t11-,13+/m0/s1. The lowest BCUT2D eigenvalue weighted by Crippen LogP contribution is -2.21. The maximum atomic E-state index is 5.93. The van der Waals surface area contributed by atoms with Gasteiger partial charge in [-0.3, -0.25) is 0 Å². The number of pyridine rings is 1. The van der Waals surface area contributed by atoms with Crippen molar-refractivity contribution in [1.29, 1.82) is 0 Å². The predicted molar refractivity (Wildman–Crippen MR) is 72.2 cm³/mol. The molecular weight excluding hydrogens is 234 g/mol. The van der Waals surface area contributed by atoms with Gasteiger partial charge in [-0.05, 0) is 30.9 Å². The van der Waals surface area contributed by atoms with Crippen LogP contribution in [0.5, 0.6) is 0 Å². The molecule has 1 aromatic rings. The van der Waals surface area contributed by atoms with Crippen LogP contribution >= 0.6 is 11.6 Å². The monoisotopic (exact) mass is 255 g/mol. The van der Waals surface area contributed by atoms with Crippen molar-refractivity contribution < 1.29 is 4.74 Å². The van der Waals surface area contributed by atoms with Gasteiger partial charge in [0.25, 0.3) is 0 Å². The highest BCUT2D eigenvalue weighted by atomic mass is 35.5. The maximum absolute atomic E-state index is 5.93. The average molecular weight is 256 g/mol. The van der Waals surface area contributed by atoms with Crippen molar-refractivity contribution >= 4 is 11.6 Å². The quantitative estimate of drug-likeness (QED) is 0.671. The van der Waals surface area contributed by atoms with Gasteiger partial charge in [0.05, 0.1) is 18.4 Å². The summed E-state index contributed by atoms with van der Waals surface area (Å²) < 4.78 is 5.93. The number of aromatic nitrogens is 1. The molecule has 0 bridgehead atoms. The number of hydrogen-bond donors (Lipinski definition) is 0. The van der Waals surface area contributed by atoms with Crippen LogP contribution in [-0.2, 0) is 11.3 Å². The summed E-state index contributed by atoms with van der Waals surface area (Å²) in [7, 11) is 0. The summed E-state index contributed by atoms with van der Waals surface area (Å²) in [6.07, 6.45) is 3.77. The normalized spacial score (nSPS) is 14.6. The molecule has 0 aromatic carbocycles. The first kappa shape index (κ1) is 14.5. The van der Waals surface area contributed by atoms with E-state index in [1.54, 1.807) is 6.07 Å². The molecule has 0 N–H and O–H groups in total.